The molecule has 7 heteroatoms. The number of imide groups is 1. The van der Waals surface area contributed by atoms with Gasteiger partial charge in [0, 0.05) is 7.05 Å². The number of esters is 1. The summed E-state index contributed by atoms with van der Waals surface area (Å²) in [5.74, 6) is -0.419. The van der Waals surface area contributed by atoms with Crippen molar-refractivity contribution >= 4 is 17.9 Å². The summed E-state index contributed by atoms with van der Waals surface area (Å²) in [6.45, 7) is -0.274. The van der Waals surface area contributed by atoms with E-state index in [0.717, 1.165) is 5.56 Å². The van der Waals surface area contributed by atoms with Crippen LogP contribution in [-0.2, 0) is 20.7 Å². The van der Waals surface area contributed by atoms with Gasteiger partial charge in [-0.1, -0.05) is 12.1 Å². The lowest BCUT2D eigenvalue weighted by molar-refractivity contribution is -0.139. The zero-order chi connectivity index (χ0) is 15.0. The maximum absolute atomic E-state index is 11.3. The number of benzene rings is 1. The van der Waals surface area contributed by atoms with Gasteiger partial charge in [0.05, 0.1) is 13.5 Å². The van der Waals surface area contributed by atoms with Gasteiger partial charge in [-0.25, -0.2) is 4.79 Å². The average molecular weight is 280 g/mol. The van der Waals surface area contributed by atoms with Crippen molar-refractivity contribution in [2.24, 2.45) is 0 Å². The summed E-state index contributed by atoms with van der Waals surface area (Å²) in [4.78, 5) is 33.2. The largest absolute Gasteiger partial charge is 0.484 e. The molecule has 0 atom stereocenters. The zero-order valence-electron chi connectivity index (χ0n) is 11.3. The molecule has 0 aliphatic carbocycles. The molecule has 20 heavy (non-hydrogen) atoms. The average Bonchev–Trinajstić information content (AvgIpc) is 2.46. The summed E-state index contributed by atoms with van der Waals surface area (Å²) in [5, 5.41) is 4.32. The predicted octanol–water partition coefficient (Wildman–Crippen LogP) is 0.237. The molecule has 0 unspecified atom stereocenters. The third kappa shape index (κ3) is 5.38. The molecule has 0 saturated carbocycles. The van der Waals surface area contributed by atoms with Crippen LogP contribution in [0.3, 0.4) is 0 Å². The first-order chi connectivity index (χ1) is 9.55. The minimum absolute atomic E-state index is 0.175. The van der Waals surface area contributed by atoms with Crippen LogP contribution in [0.2, 0.25) is 0 Å². The van der Waals surface area contributed by atoms with Gasteiger partial charge >= 0.3 is 12.0 Å². The van der Waals surface area contributed by atoms with E-state index in [0.29, 0.717) is 5.75 Å². The van der Waals surface area contributed by atoms with Gasteiger partial charge in [-0.05, 0) is 17.7 Å². The van der Waals surface area contributed by atoms with Crippen molar-refractivity contribution < 1.29 is 23.9 Å². The predicted molar refractivity (Wildman–Crippen MR) is 70.3 cm³/mol. The Morgan fingerprint density at radius 1 is 1.15 bits per heavy atom. The van der Waals surface area contributed by atoms with Crippen molar-refractivity contribution in [1.29, 1.82) is 0 Å². The molecule has 1 aromatic rings. The van der Waals surface area contributed by atoms with Crippen LogP contribution in [0.1, 0.15) is 5.56 Å². The van der Waals surface area contributed by atoms with E-state index in [1.54, 1.807) is 24.3 Å². The standard InChI is InChI=1S/C13H16N2O5/c1-14-13(18)15-11(16)8-20-10-5-3-9(4-6-10)7-12(17)19-2/h3-6H,7-8H2,1-2H3,(H2,14,15,16,18). The number of carbonyl (C=O) groups is 3. The molecule has 1 aromatic carbocycles. The Morgan fingerprint density at radius 2 is 1.80 bits per heavy atom. The molecular formula is C13H16N2O5. The highest BCUT2D eigenvalue weighted by Crippen LogP contribution is 2.12. The third-order valence-electron chi connectivity index (χ3n) is 2.35. The molecule has 1 rings (SSSR count). The Balaban J connectivity index is 2.43. The van der Waals surface area contributed by atoms with E-state index in [2.05, 4.69) is 15.4 Å². The van der Waals surface area contributed by atoms with Gasteiger partial charge in [-0.3, -0.25) is 14.9 Å². The van der Waals surface area contributed by atoms with Gasteiger partial charge in [0.1, 0.15) is 5.75 Å². The van der Waals surface area contributed by atoms with Gasteiger partial charge < -0.3 is 14.8 Å². The van der Waals surface area contributed by atoms with Gasteiger partial charge in [0.25, 0.3) is 5.91 Å². The first-order valence-corrected chi connectivity index (χ1v) is 5.85. The lowest BCUT2D eigenvalue weighted by atomic mass is 10.1. The Kier molecular flexibility index (Phi) is 6.02. The van der Waals surface area contributed by atoms with Crippen LogP contribution in [0.25, 0.3) is 0 Å². The number of rotatable bonds is 5. The summed E-state index contributed by atoms with van der Waals surface area (Å²) in [7, 11) is 2.73. The minimum Gasteiger partial charge on any atom is -0.484 e. The maximum atomic E-state index is 11.3. The lowest BCUT2D eigenvalue weighted by Gasteiger charge is -2.07. The summed E-state index contributed by atoms with van der Waals surface area (Å²) in [6, 6.07) is 6.06. The topological polar surface area (TPSA) is 93.7 Å². The van der Waals surface area contributed by atoms with Crippen LogP contribution in [-0.4, -0.2) is 38.7 Å². The zero-order valence-corrected chi connectivity index (χ0v) is 11.3. The molecule has 0 radical (unpaired) electrons. The third-order valence-corrected chi connectivity index (χ3v) is 2.35. The molecule has 3 amide bonds. The number of amides is 3. The highest BCUT2D eigenvalue weighted by atomic mass is 16.5. The fourth-order valence-corrected chi connectivity index (χ4v) is 1.32. The Hall–Kier alpha value is -2.57. The SMILES string of the molecule is CNC(=O)NC(=O)COc1ccc(CC(=O)OC)cc1. The fraction of sp³-hybridized carbons (Fsp3) is 0.308. The van der Waals surface area contributed by atoms with Crippen LogP contribution in [0.4, 0.5) is 4.79 Å². The maximum Gasteiger partial charge on any atom is 0.321 e. The molecule has 0 spiro atoms. The minimum atomic E-state index is -0.591. The normalized spacial score (nSPS) is 9.50. The number of nitrogens with one attached hydrogen (secondary N) is 2. The Labute approximate surface area is 116 Å². The molecule has 0 fully saturated rings. The summed E-state index contributed by atoms with van der Waals surface area (Å²) >= 11 is 0. The first kappa shape index (κ1) is 15.5. The first-order valence-electron chi connectivity index (χ1n) is 5.85. The van der Waals surface area contributed by atoms with Gasteiger partial charge in [-0.15, -0.1) is 0 Å². The van der Waals surface area contributed by atoms with E-state index in [9.17, 15) is 14.4 Å². The van der Waals surface area contributed by atoms with E-state index >= 15 is 0 Å². The van der Waals surface area contributed by atoms with Crippen LogP contribution in [0.5, 0.6) is 5.75 Å². The molecule has 0 saturated heterocycles. The number of hydrogen-bond donors (Lipinski definition) is 2. The second-order valence-electron chi connectivity index (χ2n) is 3.81. The summed E-state index contributed by atoms with van der Waals surface area (Å²) in [5.41, 5.74) is 0.777. The Bertz CT molecular complexity index is 484. The van der Waals surface area contributed by atoms with Crippen molar-refractivity contribution in [1.82, 2.24) is 10.6 Å². The number of carbonyl (C=O) groups excluding carboxylic acids is 3. The number of methoxy groups -OCH3 is 1. The van der Waals surface area contributed by atoms with Crippen LogP contribution >= 0.6 is 0 Å². The highest BCUT2D eigenvalue weighted by Gasteiger charge is 2.07. The van der Waals surface area contributed by atoms with E-state index in [1.807, 2.05) is 0 Å². The van der Waals surface area contributed by atoms with E-state index in [4.69, 9.17) is 4.74 Å². The molecule has 0 aliphatic heterocycles. The molecule has 7 nitrogen and oxygen atoms in total. The molecule has 0 aliphatic rings. The molecule has 0 heterocycles. The fourth-order valence-electron chi connectivity index (χ4n) is 1.32. The molecule has 0 aromatic heterocycles. The second kappa shape index (κ2) is 7.78. The lowest BCUT2D eigenvalue weighted by Crippen LogP contribution is -2.39. The van der Waals surface area contributed by atoms with E-state index in [1.165, 1.54) is 14.2 Å². The Morgan fingerprint density at radius 3 is 2.35 bits per heavy atom. The van der Waals surface area contributed by atoms with Crippen LogP contribution < -0.4 is 15.4 Å². The van der Waals surface area contributed by atoms with Gasteiger partial charge in [0.15, 0.2) is 6.61 Å². The highest BCUT2D eigenvalue weighted by molar-refractivity contribution is 5.94. The number of ether oxygens (including phenoxy) is 2. The van der Waals surface area contributed by atoms with E-state index < -0.39 is 11.9 Å². The van der Waals surface area contributed by atoms with Gasteiger partial charge in [-0.2, -0.15) is 0 Å². The quantitative estimate of drug-likeness (QED) is 0.753. The summed E-state index contributed by atoms with van der Waals surface area (Å²) < 4.78 is 9.74. The summed E-state index contributed by atoms with van der Waals surface area (Å²) in [6.07, 6.45) is 0.175. The smallest absolute Gasteiger partial charge is 0.321 e. The van der Waals surface area contributed by atoms with Crippen LogP contribution in [0.15, 0.2) is 24.3 Å². The van der Waals surface area contributed by atoms with Crippen molar-refractivity contribution in [2.75, 3.05) is 20.8 Å². The van der Waals surface area contributed by atoms with Crippen molar-refractivity contribution in [3.63, 3.8) is 0 Å². The molecule has 108 valence electrons. The number of urea groups is 1. The van der Waals surface area contributed by atoms with E-state index in [-0.39, 0.29) is 19.0 Å². The molecular weight excluding hydrogens is 264 g/mol. The van der Waals surface area contributed by atoms with Crippen LogP contribution in [0, 0.1) is 0 Å². The van der Waals surface area contributed by atoms with Crippen molar-refractivity contribution in [3.8, 4) is 5.75 Å². The van der Waals surface area contributed by atoms with Crippen molar-refractivity contribution in [2.45, 2.75) is 6.42 Å². The monoisotopic (exact) mass is 280 g/mol. The second-order valence-corrected chi connectivity index (χ2v) is 3.81. The van der Waals surface area contributed by atoms with Gasteiger partial charge in [0.2, 0.25) is 0 Å². The molecule has 0 bridgehead atoms. The van der Waals surface area contributed by atoms with Crippen molar-refractivity contribution in [3.05, 3.63) is 29.8 Å². The molecule has 2 N–H and O–H groups in total. The number of hydrogen-bond acceptors (Lipinski definition) is 5.